The highest BCUT2D eigenvalue weighted by Gasteiger charge is 2.21. The van der Waals surface area contributed by atoms with E-state index in [0.717, 1.165) is 29.9 Å². The van der Waals surface area contributed by atoms with Crippen molar-refractivity contribution in [3.05, 3.63) is 23.8 Å². The second kappa shape index (κ2) is 6.43. The number of benzene rings is 1. The van der Waals surface area contributed by atoms with Crippen LogP contribution in [0.25, 0.3) is 0 Å². The number of hydrogen-bond acceptors (Lipinski definition) is 4. The third kappa shape index (κ3) is 3.38. The van der Waals surface area contributed by atoms with Crippen LogP contribution in [-0.4, -0.2) is 33.3 Å². The fourth-order valence-electron chi connectivity index (χ4n) is 2.20. The second-order valence-electron chi connectivity index (χ2n) is 4.45. The Morgan fingerprint density at radius 1 is 1.47 bits per heavy atom. The van der Waals surface area contributed by atoms with E-state index in [2.05, 4.69) is 5.32 Å². The van der Waals surface area contributed by atoms with Crippen LogP contribution in [0, 0.1) is 0 Å². The molecule has 1 aliphatic rings. The topological polar surface area (TPSA) is 56.8 Å². The summed E-state index contributed by atoms with van der Waals surface area (Å²) in [5.41, 5.74) is 0.989. The Bertz CT molecular complexity index is 447. The molecule has 0 bridgehead atoms. The van der Waals surface area contributed by atoms with Crippen LogP contribution in [0.4, 0.5) is 0 Å². The van der Waals surface area contributed by atoms with Crippen LogP contribution in [0.5, 0.6) is 11.5 Å². The van der Waals surface area contributed by atoms with E-state index < -0.39 is 0 Å². The number of methoxy groups -OCH3 is 2. The molecule has 1 aromatic carbocycles. The maximum atomic E-state index is 11.7. The molecule has 1 unspecified atom stereocenters. The highest BCUT2D eigenvalue weighted by atomic mass is 16.5. The van der Waals surface area contributed by atoms with Gasteiger partial charge in [0.25, 0.3) is 0 Å². The highest BCUT2D eigenvalue weighted by molar-refractivity contribution is 5.77. The number of amides is 1. The van der Waals surface area contributed by atoms with Gasteiger partial charge in [-0.2, -0.15) is 0 Å². The molecule has 0 fully saturated rings. The van der Waals surface area contributed by atoms with Crippen molar-refractivity contribution < 1.29 is 19.0 Å². The minimum atomic E-state index is -0.115. The first-order valence-electron chi connectivity index (χ1n) is 6.33. The molecule has 1 amide bonds. The lowest BCUT2D eigenvalue weighted by molar-refractivity contribution is -0.125. The van der Waals surface area contributed by atoms with Crippen molar-refractivity contribution >= 4 is 5.91 Å². The number of fused-ring (bicyclic) bond motifs is 1. The molecule has 0 aliphatic carbocycles. The summed E-state index contributed by atoms with van der Waals surface area (Å²) in [6.07, 6.45) is 1.75. The van der Waals surface area contributed by atoms with E-state index in [1.165, 1.54) is 7.11 Å². The van der Waals surface area contributed by atoms with Gasteiger partial charge in [0, 0.05) is 18.7 Å². The first kappa shape index (κ1) is 13.7. The lowest BCUT2D eigenvalue weighted by atomic mass is 10.0. The van der Waals surface area contributed by atoms with Crippen molar-refractivity contribution in [3.63, 3.8) is 0 Å². The molecule has 0 saturated heterocycles. The van der Waals surface area contributed by atoms with E-state index in [-0.39, 0.29) is 18.6 Å². The zero-order valence-corrected chi connectivity index (χ0v) is 11.3. The number of ether oxygens (including phenoxy) is 3. The van der Waals surface area contributed by atoms with Gasteiger partial charge < -0.3 is 19.5 Å². The molecule has 1 aliphatic heterocycles. The summed E-state index contributed by atoms with van der Waals surface area (Å²) >= 11 is 0. The normalized spacial score (nSPS) is 17.9. The van der Waals surface area contributed by atoms with E-state index in [4.69, 9.17) is 14.2 Å². The van der Waals surface area contributed by atoms with Gasteiger partial charge in [-0.05, 0) is 25.0 Å². The smallest absolute Gasteiger partial charge is 0.246 e. The van der Waals surface area contributed by atoms with Crippen LogP contribution >= 0.6 is 0 Å². The van der Waals surface area contributed by atoms with Crippen LogP contribution in [0.15, 0.2) is 18.2 Å². The monoisotopic (exact) mass is 265 g/mol. The molecule has 0 saturated carbocycles. The first-order valence-corrected chi connectivity index (χ1v) is 6.33. The van der Waals surface area contributed by atoms with E-state index in [9.17, 15) is 4.79 Å². The van der Waals surface area contributed by atoms with Crippen molar-refractivity contribution in [2.75, 3.05) is 27.4 Å². The Hall–Kier alpha value is -1.75. The quantitative estimate of drug-likeness (QED) is 0.899. The van der Waals surface area contributed by atoms with E-state index in [1.54, 1.807) is 7.11 Å². The number of carbonyl (C=O) groups is 1. The molecule has 0 spiro atoms. The predicted octanol–water partition coefficient (Wildman–Crippen LogP) is 1.67. The summed E-state index contributed by atoms with van der Waals surface area (Å²) in [5.74, 6) is 1.42. The molecule has 1 atom stereocenters. The second-order valence-corrected chi connectivity index (χ2v) is 4.45. The fourth-order valence-corrected chi connectivity index (χ4v) is 2.20. The molecule has 0 aromatic heterocycles. The molecule has 2 rings (SSSR count). The molecular formula is C14H19NO4. The molecule has 0 radical (unpaired) electrons. The Morgan fingerprint density at radius 3 is 3.05 bits per heavy atom. The Labute approximate surface area is 112 Å². The SMILES string of the molecule is COCC(=O)NC1CCCOc2cc(OC)ccc21. The Morgan fingerprint density at radius 2 is 2.32 bits per heavy atom. The third-order valence-electron chi connectivity index (χ3n) is 3.10. The van der Waals surface area contributed by atoms with Crippen LogP contribution in [-0.2, 0) is 9.53 Å². The van der Waals surface area contributed by atoms with Gasteiger partial charge in [0.2, 0.25) is 5.91 Å². The van der Waals surface area contributed by atoms with Crippen molar-refractivity contribution in [1.82, 2.24) is 5.32 Å². The minimum Gasteiger partial charge on any atom is -0.497 e. The predicted molar refractivity (Wildman–Crippen MR) is 70.5 cm³/mol. The van der Waals surface area contributed by atoms with Crippen LogP contribution in [0.2, 0.25) is 0 Å². The Kier molecular flexibility index (Phi) is 4.63. The molecular weight excluding hydrogens is 246 g/mol. The van der Waals surface area contributed by atoms with Gasteiger partial charge in [-0.1, -0.05) is 0 Å². The van der Waals surface area contributed by atoms with Gasteiger partial charge >= 0.3 is 0 Å². The zero-order valence-electron chi connectivity index (χ0n) is 11.3. The van der Waals surface area contributed by atoms with Gasteiger partial charge in [-0.15, -0.1) is 0 Å². The molecule has 104 valence electrons. The third-order valence-corrected chi connectivity index (χ3v) is 3.10. The van der Waals surface area contributed by atoms with Gasteiger partial charge in [0.1, 0.15) is 18.1 Å². The van der Waals surface area contributed by atoms with Crippen LogP contribution in [0.3, 0.4) is 0 Å². The van der Waals surface area contributed by atoms with Crippen LogP contribution < -0.4 is 14.8 Å². The van der Waals surface area contributed by atoms with Crippen LogP contribution in [0.1, 0.15) is 24.4 Å². The minimum absolute atomic E-state index is 0.0361. The summed E-state index contributed by atoms with van der Waals surface area (Å²) < 4.78 is 15.7. The van der Waals surface area contributed by atoms with Gasteiger partial charge in [-0.3, -0.25) is 4.79 Å². The lowest BCUT2D eigenvalue weighted by Crippen LogP contribution is -2.31. The molecule has 1 aromatic rings. The number of carbonyl (C=O) groups excluding carboxylic acids is 1. The van der Waals surface area contributed by atoms with E-state index in [1.807, 2.05) is 18.2 Å². The molecule has 1 N–H and O–H groups in total. The van der Waals surface area contributed by atoms with Crippen molar-refractivity contribution in [2.45, 2.75) is 18.9 Å². The zero-order chi connectivity index (χ0) is 13.7. The molecule has 19 heavy (non-hydrogen) atoms. The van der Waals surface area contributed by atoms with Crippen molar-refractivity contribution in [2.24, 2.45) is 0 Å². The summed E-state index contributed by atoms with van der Waals surface area (Å²) in [7, 11) is 3.13. The number of rotatable bonds is 4. The lowest BCUT2D eigenvalue weighted by Gasteiger charge is -2.18. The largest absolute Gasteiger partial charge is 0.497 e. The van der Waals surface area contributed by atoms with Gasteiger partial charge in [-0.25, -0.2) is 0 Å². The standard InChI is InChI=1S/C14H19NO4/c1-17-9-14(16)15-12-4-3-7-19-13-8-10(18-2)5-6-11(12)13/h5-6,8,12H,3-4,7,9H2,1-2H3,(H,15,16). The summed E-state index contributed by atoms with van der Waals surface area (Å²) in [5, 5.41) is 2.97. The number of hydrogen-bond donors (Lipinski definition) is 1. The maximum absolute atomic E-state index is 11.7. The molecule has 5 nitrogen and oxygen atoms in total. The molecule has 5 heteroatoms. The summed E-state index contributed by atoms with van der Waals surface area (Å²) in [6.45, 7) is 0.722. The average Bonchev–Trinajstić information content (AvgIpc) is 2.61. The maximum Gasteiger partial charge on any atom is 0.246 e. The van der Waals surface area contributed by atoms with Crippen molar-refractivity contribution in [3.8, 4) is 11.5 Å². The first-order chi connectivity index (χ1) is 9.24. The van der Waals surface area contributed by atoms with Crippen molar-refractivity contribution in [1.29, 1.82) is 0 Å². The van der Waals surface area contributed by atoms with Gasteiger partial charge in [0.15, 0.2) is 0 Å². The number of nitrogens with one attached hydrogen (secondary N) is 1. The van der Waals surface area contributed by atoms with Gasteiger partial charge in [0.05, 0.1) is 19.8 Å². The average molecular weight is 265 g/mol. The van der Waals surface area contributed by atoms with E-state index >= 15 is 0 Å². The van der Waals surface area contributed by atoms with E-state index in [0.29, 0.717) is 6.61 Å². The molecule has 1 heterocycles. The Balaban J connectivity index is 2.20. The summed E-state index contributed by atoms with van der Waals surface area (Å²) in [6, 6.07) is 5.64. The summed E-state index contributed by atoms with van der Waals surface area (Å²) in [4.78, 5) is 11.7. The fraction of sp³-hybridized carbons (Fsp3) is 0.500. The highest BCUT2D eigenvalue weighted by Crippen LogP contribution is 2.34.